The van der Waals surface area contributed by atoms with Crippen LogP contribution in [0.2, 0.25) is 0 Å². The predicted octanol–water partition coefficient (Wildman–Crippen LogP) is 2.42. The molecular weight excluding hydrogens is 470 g/mol. The van der Waals surface area contributed by atoms with E-state index in [2.05, 4.69) is 31.1 Å². The lowest BCUT2D eigenvalue weighted by atomic mass is 10.0. The van der Waals surface area contributed by atoms with Gasteiger partial charge in [-0.25, -0.2) is 25.6 Å². The summed E-state index contributed by atoms with van der Waals surface area (Å²) in [4.78, 5) is 37.8. The van der Waals surface area contributed by atoms with E-state index in [-0.39, 0.29) is 17.5 Å². The van der Waals surface area contributed by atoms with Gasteiger partial charge in [0.05, 0.1) is 19.0 Å². The van der Waals surface area contributed by atoms with Gasteiger partial charge in [0.2, 0.25) is 5.88 Å². The fourth-order valence-corrected chi connectivity index (χ4v) is 4.20. The molecule has 0 bridgehead atoms. The van der Waals surface area contributed by atoms with Crippen molar-refractivity contribution in [2.45, 2.75) is 6.92 Å². The summed E-state index contributed by atoms with van der Waals surface area (Å²) < 4.78 is 6.90. The number of carbonyl (C=O) groups excluding carboxylic acids is 2. The number of methoxy groups -OCH3 is 1. The number of hydrazine groups is 1. The molecule has 0 spiro atoms. The molecule has 12 nitrogen and oxygen atoms in total. The van der Waals surface area contributed by atoms with E-state index in [4.69, 9.17) is 15.6 Å². The number of carbonyl (C=O) groups is 2. The fourth-order valence-electron chi connectivity index (χ4n) is 3.34. The molecule has 0 saturated carbocycles. The lowest BCUT2D eigenvalue weighted by Gasteiger charge is -2.13. The molecule has 0 aliphatic rings. The molecule has 0 aliphatic carbocycles. The van der Waals surface area contributed by atoms with Gasteiger partial charge >= 0.3 is 6.03 Å². The summed E-state index contributed by atoms with van der Waals surface area (Å²) >= 11 is 1.43. The SMILES string of the molecule is CCNC(=O)Nc1cc(-c2nc(-c3cnn(C)c3)cs2)c(-c2cnc(OC)c(C(=O)NN)c2)cn1. The minimum Gasteiger partial charge on any atom is -0.480 e. The van der Waals surface area contributed by atoms with Gasteiger partial charge in [-0.15, -0.1) is 11.3 Å². The summed E-state index contributed by atoms with van der Waals surface area (Å²) in [5, 5.41) is 12.2. The maximum atomic E-state index is 12.3. The quantitative estimate of drug-likeness (QED) is 0.173. The van der Waals surface area contributed by atoms with Crippen LogP contribution < -0.4 is 26.6 Å². The van der Waals surface area contributed by atoms with Crippen LogP contribution in [0.5, 0.6) is 5.88 Å². The Balaban J connectivity index is 1.83. The molecule has 0 unspecified atom stereocenters. The van der Waals surface area contributed by atoms with Gasteiger partial charge in [-0.3, -0.25) is 20.2 Å². The summed E-state index contributed by atoms with van der Waals surface area (Å²) in [7, 11) is 3.25. The average Bonchev–Trinajstić information content (AvgIpc) is 3.52. The van der Waals surface area contributed by atoms with Gasteiger partial charge in [0.15, 0.2) is 0 Å². The van der Waals surface area contributed by atoms with Crippen LogP contribution in [-0.2, 0) is 7.05 Å². The number of aryl methyl sites for hydroxylation is 1. The maximum Gasteiger partial charge on any atom is 0.320 e. The number of nitrogens with zero attached hydrogens (tertiary/aromatic N) is 5. The molecule has 4 heterocycles. The number of anilines is 1. The van der Waals surface area contributed by atoms with Crippen molar-refractivity contribution >= 4 is 29.1 Å². The Morgan fingerprint density at radius 3 is 2.66 bits per heavy atom. The van der Waals surface area contributed by atoms with Crippen LogP contribution in [0.1, 0.15) is 17.3 Å². The van der Waals surface area contributed by atoms with Crippen LogP contribution in [0, 0.1) is 0 Å². The van der Waals surface area contributed by atoms with E-state index in [0.29, 0.717) is 34.1 Å². The molecule has 0 aromatic carbocycles. The highest BCUT2D eigenvalue weighted by Gasteiger charge is 2.19. The monoisotopic (exact) mass is 493 g/mol. The Bertz CT molecular complexity index is 1380. The summed E-state index contributed by atoms with van der Waals surface area (Å²) in [5.74, 6) is 5.26. The second-order valence-corrected chi connectivity index (χ2v) is 8.15. The fraction of sp³-hybridized carbons (Fsp3) is 0.182. The number of nitrogens with two attached hydrogens (primary N) is 1. The Morgan fingerprint density at radius 2 is 1.97 bits per heavy atom. The van der Waals surface area contributed by atoms with Crippen molar-refractivity contribution in [1.82, 2.24) is 35.5 Å². The summed E-state index contributed by atoms with van der Waals surface area (Å²) in [6.07, 6.45) is 6.77. The smallest absolute Gasteiger partial charge is 0.320 e. The van der Waals surface area contributed by atoms with Crippen molar-refractivity contribution in [1.29, 1.82) is 0 Å². The van der Waals surface area contributed by atoms with E-state index in [0.717, 1.165) is 11.3 Å². The van der Waals surface area contributed by atoms with Gasteiger partial charge in [-0.1, -0.05) is 0 Å². The molecule has 0 aliphatic heterocycles. The number of hydrogen-bond acceptors (Lipinski definition) is 9. The highest BCUT2D eigenvalue weighted by molar-refractivity contribution is 7.13. The summed E-state index contributed by atoms with van der Waals surface area (Å²) in [6.45, 7) is 2.30. The number of aromatic nitrogens is 5. The number of urea groups is 1. The third-order valence-electron chi connectivity index (χ3n) is 4.95. The molecule has 4 aromatic heterocycles. The third kappa shape index (κ3) is 5.10. The number of nitrogens with one attached hydrogen (secondary N) is 3. The van der Waals surface area contributed by atoms with Gasteiger partial charge in [0.25, 0.3) is 5.91 Å². The van der Waals surface area contributed by atoms with Crippen molar-refractivity contribution in [2.24, 2.45) is 12.9 Å². The first kappa shape index (κ1) is 23.8. The number of thiazole rings is 1. The lowest BCUT2D eigenvalue weighted by molar-refractivity contribution is 0.0950. The Labute approximate surface area is 204 Å². The number of rotatable bonds is 7. The van der Waals surface area contributed by atoms with Crippen LogP contribution in [0.25, 0.3) is 33.0 Å². The minimum atomic E-state index is -0.548. The Morgan fingerprint density at radius 1 is 1.14 bits per heavy atom. The molecule has 4 rings (SSSR count). The van der Waals surface area contributed by atoms with Crippen LogP contribution in [0.4, 0.5) is 10.6 Å². The zero-order chi connectivity index (χ0) is 24.9. The molecule has 0 fully saturated rings. The zero-order valence-corrected chi connectivity index (χ0v) is 20.0. The van der Waals surface area contributed by atoms with E-state index in [1.54, 1.807) is 35.4 Å². The van der Waals surface area contributed by atoms with Gasteiger partial charge in [-0.2, -0.15) is 5.10 Å². The zero-order valence-electron chi connectivity index (χ0n) is 19.2. The molecule has 13 heteroatoms. The first-order valence-corrected chi connectivity index (χ1v) is 11.4. The van der Waals surface area contributed by atoms with Crippen molar-refractivity contribution in [3.05, 3.63) is 47.9 Å². The Kier molecular flexibility index (Phi) is 6.98. The number of nitrogen functional groups attached to an aromatic ring is 1. The van der Waals surface area contributed by atoms with Gasteiger partial charge in [0.1, 0.15) is 16.4 Å². The van der Waals surface area contributed by atoms with Crippen molar-refractivity contribution in [2.75, 3.05) is 19.0 Å². The van der Waals surface area contributed by atoms with E-state index < -0.39 is 5.91 Å². The molecule has 0 saturated heterocycles. The number of pyridine rings is 2. The molecule has 180 valence electrons. The van der Waals surface area contributed by atoms with Crippen molar-refractivity contribution in [3.63, 3.8) is 0 Å². The highest BCUT2D eigenvalue weighted by atomic mass is 32.1. The number of ether oxygens (including phenoxy) is 1. The van der Waals surface area contributed by atoms with E-state index in [9.17, 15) is 9.59 Å². The van der Waals surface area contributed by atoms with E-state index in [1.165, 1.54) is 18.4 Å². The number of hydrogen-bond donors (Lipinski definition) is 4. The molecule has 0 radical (unpaired) electrons. The van der Waals surface area contributed by atoms with Crippen LogP contribution in [-0.4, -0.2) is 50.3 Å². The van der Waals surface area contributed by atoms with Gasteiger partial charge in [-0.05, 0) is 19.1 Å². The minimum absolute atomic E-state index is 0.133. The van der Waals surface area contributed by atoms with Crippen LogP contribution in [0.3, 0.4) is 0 Å². The van der Waals surface area contributed by atoms with E-state index in [1.807, 2.05) is 25.5 Å². The van der Waals surface area contributed by atoms with Crippen LogP contribution >= 0.6 is 11.3 Å². The second kappa shape index (κ2) is 10.3. The Hall–Kier alpha value is -4.36. The molecule has 0 atom stereocenters. The maximum absolute atomic E-state index is 12.3. The van der Waals surface area contributed by atoms with E-state index >= 15 is 0 Å². The number of amides is 3. The van der Waals surface area contributed by atoms with Crippen molar-refractivity contribution < 1.29 is 14.3 Å². The van der Waals surface area contributed by atoms with Crippen LogP contribution in [0.15, 0.2) is 42.3 Å². The predicted molar refractivity (Wildman–Crippen MR) is 132 cm³/mol. The van der Waals surface area contributed by atoms with Crippen molar-refractivity contribution in [3.8, 4) is 38.8 Å². The standard InChI is InChI=1S/C22H23N9O3S/c1-4-24-22(33)29-18-6-14(21-28-17(11-35-21)13-8-27-31(2)10-13)16(9-25-18)12-5-15(19(32)30-23)20(34-3)26-7-12/h5-11H,4,23H2,1-3H3,(H,30,32)(H2,24,25,29,33). The third-order valence-corrected chi connectivity index (χ3v) is 5.82. The molecular formula is C22H23N9O3S. The molecule has 5 N–H and O–H groups in total. The summed E-state index contributed by atoms with van der Waals surface area (Å²) in [5.41, 5.74) is 5.84. The topological polar surface area (TPSA) is 162 Å². The highest BCUT2D eigenvalue weighted by Crippen LogP contribution is 2.37. The van der Waals surface area contributed by atoms with Gasteiger partial charge in [0, 0.05) is 59.8 Å². The molecule has 3 amide bonds. The first-order valence-electron chi connectivity index (χ1n) is 10.5. The lowest BCUT2D eigenvalue weighted by Crippen LogP contribution is -2.30. The van der Waals surface area contributed by atoms with Gasteiger partial charge < -0.3 is 10.1 Å². The first-order chi connectivity index (χ1) is 16.9. The second-order valence-electron chi connectivity index (χ2n) is 7.29. The normalized spacial score (nSPS) is 10.6. The average molecular weight is 494 g/mol. The largest absolute Gasteiger partial charge is 0.480 e. The summed E-state index contributed by atoms with van der Waals surface area (Å²) in [6, 6.07) is 2.96. The molecule has 4 aromatic rings. The molecule has 35 heavy (non-hydrogen) atoms.